The molecule has 0 bridgehead atoms. The minimum atomic E-state index is 0.837. The molecule has 2 aliphatic heterocycles. The van der Waals surface area contributed by atoms with Gasteiger partial charge in [0.15, 0.2) is 0 Å². The SMILES string of the molecule is CCCN1CCCC(N(CC)CC2CCCNC2)CC1. The minimum absolute atomic E-state index is 0.837. The molecule has 3 heteroatoms. The summed E-state index contributed by atoms with van der Waals surface area (Å²) in [5.41, 5.74) is 0. The second-order valence-corrected chi connectivity index (χ2v) is 6.73. The zero-order chi connectivity index (χ0) is 14.2. The highest BCUT2D eigenvalue weighted by molar-refractivity contribution is 4.80. The quantitative estimate of drug-likeness (QED) is 0.807. The highest BCUT2D eigenvalue weighted by Crippen LogP contribution is 2.20. The van der Waals surface area contributed by atoms with Crippen molar-refractivity contribution >= 4 is 0 Å². The zero-order valence-corrected chi connectivity index (χ0v) is 13.7. The Morgan fingerprint density at radius 2 is 2.00 bits per heavy atom. The summed E-state index contributed by atoms with van der Waals surface area (Å²) in [5, 5.41) is 3.57. The molecule has 2 heterocycles. The monoisotopic (exact) mass is 281 g/mol. The van der Waals surface area contributed by atoms with Crippen LogP contribution in [-0.4, -0.2) is 61.7 Å². The van der Waals surface area contributed by atoms with Gasteiger partial charge in [-0.05, 0) is 83.7 Å². The van der Waals surface area contributed by atoms with Crippen LogP contribution in [-0.2, 0) is 0 Å². The lowest BCUT2D eigenvalue weighted by atomic mass is 9.97. The predicted molar refractivity (Wildman–Crippen MR) is 87.2 cm³/mol. The predicted octanol–water partition coefficient (Wildman–Crippen LogP) is 2.57. The third kappa shape index (κ3) is 5.01. The van der Waals surface area contributed by atoms with E-state index < -0.39 is 0 Å². The summed E-state index contributed by atoms with van der Waals surface area (Å²) >= 11 is 0. The molecule has 2 rings (SSSR count). The second kappa shape index (κ2) is 9.01. The van der Waals surface area contributed by atoms with Gasteiger partial charge in [-0.2, -0.15) is 0 Å². The van der Waals surface area contributed by atoms with Gasteiger partial charge in [0, 0.05) is 12.6 Å². The first-order valence-electron chi connectivity index (χ1n) is 9.00. The first-order valence-corrected chi connectivity index (χ1v) is 9.00. The Balaban J connectivity index is 1.80. The van der Waals surface area contributed by atoms with Gasteiger partial charge in [0.2, 0.25) is 0 Å². The fourth-order valence-electron chi connectivity index (χ4n) is 3.99. The van der Waals surface area contributed by atoms with E-state index in [0.29, 0.717) is 0 Å². The normalized spacial score (nSPS) is 29.6. The van der Waals surface area contributed by atoms with E-state index in [9.17, 15) is 0 Å². The van der Waals surface area contributed by atoms with Crippen LogP contribution in [0.2, 0.25) is 0 Å². The van der Waals surface area contributed by atoms with E-state index in [4.69, 9.17) is 0 Å². The van der Waals surface area contributed by atoms with Crippen LogP contribution in [0.5, 0.6) is 0 Å². The Morgan fingerprint density at radius 1 is 1.10 bits per heavy atom. The fraction of sp³-hybridized carbons (Fsp3) is 1.00. The molecule has 2 aliphatic rings. The second-order valence-electron chi connectivity index (χ2n) is 6.73. The minimum Gasteiger partial charge on any atom is -0.316 e. The number of likely N-dealkylation sites (tertiary alicyclic amines) is 1. The molecule has 1 N–H and O–H groups in total. The zero-order valence-electron chi connectivity index (χ0n) is 13.7. The van der Waals surface area contributed by atoms with Crippen LogP contribution >= 0.6 is 0 Å². The summed E-state index contributed by atoms with van der Waals surface area (Å²) in [5.74, 6) is 0.888. The molecule has 3 nitrogen and oxygen atoms in total. The van der Waals surface area contributed by atoms with Crippen LogP contribution in [0.15, 0.2) is 0 Å². The summed E-state index contributed by atoms with van der Waals surface area (Å²) < 4.78 is 0. The molecule has 0 amide bonds. The Labute approximate surface area is 126 Å². The van der Waals surface area contributed by atoms with E-state index >= 15 is 0 Å². The summed E-state index contributed by atoms with van der Waals surface area (Å²) in [6, 6.07) is 0.837. The van der Waals surface area contributed by atoms with Gasteiger partial charge < -0.3 is 15.1 Å². The smallest absolute Gasteiger partial charge is 0.0108 e. The van der Waals surface area contributed by atoms with E-state index in [0.717, 1.165) is 12.0 Å². The molecular formula is C17H35N3. The van der Waals surface area contributed by atoms with Crippen molar-refractivity contribution in [3.8, 4) is 0 Å². The van der Waals surface area contributed by atoms with Gasteiger partial charge in [-0.1, -0.05) is 13.8 Å². The topological polar surface area (TPSA) is 18.5 Å². The summed E-state index contributed by atoms with van der Waals surface area (Å²) in [6.45, 7) is 13.6. The largest absolute Gasteiger partial charge is 0.316 e. The number of hydrogen-bond acceptors (Lipinski definition) is 3. The average Bonchev–Trinajstić information content (AvgIpc) is 2.72. The van der Waals surface area contributed by atoms with Crippen LogP contribution in [0.25, 0.3) is 0 Å². The molecule has 0 spiro atoms. The maximum Gasteiger partial charge on any atom is 0.0108 e. The summed E-state index contributed by atoms with van der Waals surface area (Å²) in [7, 11) is 0. The molecule has 118 valence electrons. The van der Waals surface area contributed by atoms with Crippen molar-refractivity contribution in [3.05, 3.63) is 0 Å². The van der Waals surface area contributed by atoms with Gasteiger partial charge in [-0.15, -0.1) is 0 Å². The van der Waals surface area contributed by atoms with Gasteiger partial charge in [0.25, 0.3) is 0 Å². The number of hydrogen-bond donors (Lipinski definition) is 1. The number of nitrogens with one attached hydrogen (secondary N) is 1. The molecule has 0 aromatic rings. The van der Waals surface area contributed by atoms with Crippen LogP contribution in [0, 0.1) is 5.92 Å². The van der Waals surface area contributed by atoms with E-state index in [-0.39, 0.29) is 0 Å². The molecule has 2 unspecified atom stereocenters. The molecule has 2 atom stereocenters. The molecule has 2 fully saturated rings. The lowest BCUT2D eigenvalue weighted by molar-refractivity contribution is 0.147. The third-order valence-corrected chi connectivity index (χ3v) is 5.14. The number of piperidine rings is 1. The van der Waals surface area contributed by atoms with Crippen LogP contribution in [0.1, 0.15) is 52.4 Å². The first kappa shape index (κ1) is 16.3. The number of rotatable bonds is 6. The van der Waals surface area contributed by atoms with Crippen LogP contribution in [0.4, 0.5) is 0 Å². The van der Waals surface area contributed by atoms with Crippen molar-refractivity contribution in [1.29, 1.82) is 0 Å². The maximum atomic E-state index is 3.57. The molecular weight excluding hydrogens is 246 g/mol. The lowest BCUT2D eigenvalue weighted by Crippen LogP contribution is -2.43. The Morgan fingerprint density at radius 3 is 2.70 bits per heavy atom. The van der Waals surface area contributed by atoms with Gasteiger partial charge in [-0.25, -0.2) is 0 Å². The van der Waals surface area contributed by atoms with Crippen molar-refractivity contribution in [1.82, 2.24) is 15.1 Å². The average molecular weight is 281 g/mol. The Hall–Kier alpha value is -0.120. The van der Waals surface area contributed by atoms with Crippen molar-refractivity contribution in [3.63, 3.8) is 0 Å². The van der Waals surface area contributed by atoms with Gasteiger partial charge in [0.1, 0.15) is 0 Å². The molecule has 20 heavy (non-hydrogen) atoms. The summed E-state index contributed by atoms with van der Waals surface area (Å²) in [6.07, 6.45) is 8.29. The third-order valence-electron chi connectivity index (χ3n) is 5.14. The molecule has 0 saturated carbocycles. The Bertz CT molecular complexity index is 251. The van der Waals surface area contributed by atoms with Crippen molar-refractivity contribution in [2.24, 2.45) is 5.92 Å². The van der Waals surface area contributed by atoms with E-state index in [1.165, 1.54) is 84.3 Å². The maximum absolute atomic E-state index is 3.57. The summed E-state index contributed by atoms with van der Waals surface area (Å²) in [4.78, 5) is 5.46. The first-order chi connectivity index (χ1) is 9.83. The highest BCUT2D eigenvalue weighted by atomic mass is 15.2. The molecule has 0 aliphatic carbocycles. The molecule has 0 aromatic heterocycles. The highest BCUT2D eigenvalue weighted by Gasteiger charge is 2.24. The molecule has 0 aromatic carbocycles. The van der Waals surface area contributed by atoms with Crippen molar-refractivity contribution in [2.45, 2.75) is 58.4 Å². The van der Waals surface area contributed by atoms with Gasteiger partial charge >= 0.3 is 0 Å². The van der Waals surface area contributed by atoms with Crippen molar-refractivity contribution in [2.75, 3.05) is 45.8 Å². The van der Waals surface area contributed by atoms with E-state index in [1.54, 1.807) is 0 Å². The molecule has 2 saturated heterocycles. The van der Waals surface area contributed by atoms with E-state index in [2.05, 4.69) is 29.0 Å². The van der Waals surface area contributed by atoms with E-state index in [1.807, 2.05) is 0 Å². The van der Waals surface area contributed by atoms with Crippen molar-refractivity contribution < 1.29 is 0 Å². The molecule has 0 radical (unpaired) electrons. The van der Waals surface area contributed by atoms with Gasteiger partial charge in [-0.3, -0.25) is 0 Å². The van der Waals surface area contributed by atoms with Crippen LogP contribution < -0.4 is 5.32 Å². The lowest BCUT2D eigenvalue weighted by Gasteiger charge is -2.35. The van der Waals surface area contributed by atoms with Crippen LogP contribution in [0.3, 0.4) is 0 Å². The standard InChI is InChI=1S/C17H35N3/c1-3-11-19-12-6-8-17(9-13-19)20(4-2)15-16-7-5-10-18-14-16/h16-18H,3-15H2,1-2H3. The number of nitrogens with zero attached hydrogens (tertiary/aromatic N) is 2. The Kier molecular flexibility index (Phi) is 7.32. The van der Waals surface area contributed by atoms with Gasteiger partial charge in [0.05, 0.1) is 0 Å². The fourth-order valence-corrected chi connectivity index (χ4v) is 3.99.